The molecule has 3 heteroatoms. The Morgan fingerprint density at radius 1 is 1.21 bits per heavy atom. The molecule has 1 heterocycles. The molecule has 2 unspecified atom stereocenters. The number of hydrogen-bond donors (Lipinski definition) is 1. The van der Waals surface area contributed by atoms with E-state index < -0.39 is 0 Å². The second kappa shape index (κ2) is 7.05. The predicted octanol–water partition coefficient (Wildman–Crippen LogP) is 2.43. The van der Waals surface area contributed by atoms with E-state index in [-0.39, 0.29) is 5.54 Å². The molecule has 1 rings (SSSR count). The summed E-state index contributed by atoms with van der Waals surface area (Å²) in [6.45, 7) is 22.0. The molecule has 1 aliphatic heterocycles. The minimum Gasteiger partial charge on any atom is -0.311 e. The summed E-state index contributed by atoms with van der Waals surface area (Å²) in [6.07, 6.45) is 0. The molecule has 1 fully saturated rings. The Balaban J connectivity index is 2.57. The predicted molar refractivity (Wildman–Crippen MR) is 84.7 cm³/mol. The van der Waals surface area contributed by atoms with Crippen molar-refractivity contribution in [2.24, 2.45) is 5.92 Å². The lowest BCUT2D eigenvalue weighted by Gasteiger charge is -2.45. The van der Waals surface area contributed by atoms with Crippen LogP contribution in [0.15, 0.2) is 0 Å². The molecule has 0 aliphatic carbocycles. The van der Waals surface area contributed by atoms with Gasteiger partial charge in [-0.05, 0) is 40.2 Å². The fourth-order valence-electron chi connectivity index (χ4n) is 2.99. The summed E-state index contributed by atoms with van der Waals surface area (Å²) in [5, 5.41) is 3.69. The maximum atomic E-state index is 3.69. The Hall–Kier alpha value is -0.120. The van der Waals surface area contributed by atoms with Crippen molar-refractivity contribution in [3.63, 3.8) is 0 Å². The fraction of sp³-hybridized carbons (Fsp3) is 1.00. The molecule has 0 saturated carbocycles. The third kappa shape index (κ3) is 5.41. The van der Waals surface area contributed by atoms with Gasteiger partial charge in [-0.2, -0.15) is 0 Å². The van der Waals surface area contributed by atoms with Crippen LogP contribution in [0.1, 0.15) is 48.5 Å². The van der Waals surface area contributed by atoms with E-state index in [1.54, 1.807) is 0 Å². The van der Waals surface area contributed by atoms with Crippen LogP contribution < -0.4 is 5.32 Å². The van der Waals surface area contributed by atoms with Crippen LogP contribution in [-0.2, 0) is 0 Å². The molecule has 0 spiro atoms. The topological polar surface area (TPSA) is 18.5 Å². The van der Waals surface area contributed by atoms with Gasteiger partial charge < -0.3 is 5.32 Å². The van der Waals surface area contributed by atoms with Crippen molar-refractivity contribution in [1.82, 2.24) is 15.1 Å². The minimum atomic E-state index is 0.212. The maximum absolute atomic E-state index is 3.69. The first-order valence-electron chi connectivity index (χ1n) is 7.97. The van der Waals surface area contributed by atoms with Gasteiger partial charge in [-0.15, -0.1) is 0 Å². The van der Waals surface area contributed by atoms with Crippen molar-refractivity contribution in [2.45, 2.75) is 66.1 Å². The molecule has 0 radical (unpaired) electrons. The van der Waals surface area contributed by atoms with Gasteiger partial charge in [0.1, 0.15) is 0 Å². The normalized spacial score (nSPS) is 24.9. The third-order valence-electron chi connectivity index (χ3n) is 4.28. The SMILES string of the molecule is CCN1CCN(C(CNC(C)(C)C)C(C)C)CC1C. The molecule has 3 nitrogen and oxygen atoms in total. The van der Waals surface area contributed by atoms with E-state index in [0.29, 0.717) is 18.0 Å². The van der Waals surface area contributed by atoms with E-state index in [4.69, 9.17) is 0 Å². The largest absolute Gasteiger partial charge is 0.311 e. The van der Waals surface area contributed by atoms with Crippen LogP contribution in [0.3, 0.4) is 0 Å². The first-order chi connectivity index (χ1) is 8.74. The summed E-state index contributed by atoms with van der Waals surface area (Å²) in [4.78, 5) is 5.28. The van der Waals surface area contributed by atoms with Gasteiger partial charge in [-0.25, -0.2) is 0 Å². The lowest BCUT2D eigenvalue weighted by atomic mass is 9.98. The summed E-state index contributed by atoms with van der Waals surface area (Å²) in [5.74, 6) is 0.704. The van der Waals surface area contributed by atoms with Crippen LogP contribution in [-0.4, -0.2) is 60.1 Å². The molecular weight excluding hydrogens is 234 g/mol. The van der Waals surface area contributed by atoms with Crippen molar-refractivity contribution >= 4 is 0 Å². The molecule has 114 valence electrons. The zero-order chi connectivity index (χ0) is 14.6. The Labute approximate surface area is 120 Å². The summed E-state index contributed by atoms with van der Waals surface area (Å²) in [6, 6.07) is 1.34. The average molecular weight is 269 g/mol. The smallest absolute Gasteiger partial charge is 0.0244 e. The molecule has 0 aromatic heterocycles. The second-order valence-electron chi connectivity index (χ2n) is 7.41. The number of piperazine rings is 1. The number of rotatable bonds is 5. The summed E-state index contributed by atoms with van der Waals surface area (Å²) in [7, 11) is 0. The van der Waals surface area contributed by atoms with Crippen molar-refractivity contribution in [3.05, 3.63) is 0 Å². The lowest BCUT2D eigenvalue weighted by Crippen LogP contribution is -2.58. The van der Waals surface area contributed by atoms with E-state index in [0.717, 1.165) is 6.54 Å². The van der Waals surface area contributed by atoms with Gasteiger partial charge in [-0.3, -0.25) is 9.80 Å². The van der Waals surface area contributed by atoms with Gasteiger partial charge in [-0.1, -0.05) is 20.8 Å². The van der Waals surface area contributed by atoms with Crippen molar-refractivity contribution in [3.8, 4) is 0 Å². The lowest BCUT2D eigenvalue weighted by molar-refractivity contribution is 0.0416. The van der Waals surface area contributed by atoms with Crippen molar-refractivity contribution in [1.29, 1.82) is 0 Å². The van der Waals surface area contributed by atoms with Crippen molar-refractivity contribution < 1.29 is 0 Å². The van der Waals surface area contributed by atoms with Gasteiger partial charge in [0.2, 0.25) is 0 Å². The Morgan fingerprint density at radius 2 is 1.84 bits per heavy atom. The number of nitrogens with one attached hydrogen (secondary N) is 1. The maximum Gasteiger partial charge on any atom is 0.0244 e. The van der Waals surface area contributed by atoms with Crippen LogP contribution in [0.25, 0.3) is 0 Å². The number of likely N-dealkylation sites (N-methyl/N-ethyl adjacent to an activating group) is 1. The van der Waals surface area contributed by atoms with E-state index in [9.17, 15) is 0 Å². The van der Waals surface area contributed by atoms with E-state index in [2.05, 4.69) is 63.6 Å². The first-order valence-corrected chi connectivity index (χ1v) is 7.97. The monoisotopic (exact) mass is 269 g/mol. The standard InChI is InChI=1S/C16H35N3/c1-8-18-9-10-19(12-14(18)4)15(13(2)3)11-17-16(5,6)7/h13-15,17H,8-12H2,1-7H3. The van der Waals surface area contributed by atoms with Gasteiger partial charge in [0.05, 0.1) is 0 Å². The third-order valence-corrected chi connectivity index (χ3v) is 4.28. The highest BCUT2D eigenvalue weighted by Gasteiger charge is 2.29. The summed E-state index contributed by atoms with van der Waals surface area (Å²) >= 11 is 0. The molecule has 0 aromatic rings. The number of hydrogen-bond acceptors (Lipinski definition) is 3. The molecule has 1 aliphatic rings. The molecule has 0 amide bonds. The van der Waals surface area contributed by atoms with Crippen LogP contribution in [0.5, 0.6) is 0 Å². The van der Waals surface area contributed by atoms with E-state index >= 15 is 0 Å². The highest BCUT2D eigenvalue weighted by molar-refractivity contribution is 4.87. The van der Waals surface area contributed by atoms with E-state index in [1.807, 2.05) is 0 Å². The zero-order valence-corrected chi connectivity index (χ0v) is 14.2. The zero-order valence-electron chi connectivity index (χ0n) is 14.2. The Bertz CT molecular complexity index is 257. The van der Waals surface area contributed by atoms with Gasteiger partial charge in [0, 0.05) is 43.8 Å². The minimum absolute atomic E-state index is 0.212. The van der Waals surface area contributed by atoms with E-state index in [1.165, 1.54) is 26.2 Å². The molecule has 1 N–H and O–H groups in total. The molecular formula is C16H35N3. The Kier molecular flexibility index (Phi) is 6.28. The van der Waals surface area contributed by atoms with Crippen LogP contribution in [0, 0.1) is 5.92 Å². The quantitative estimate of drug-likeness (QED) is 0.827. The highest BCUT2D eigenvalue weighted by Crippen LogP contribution is 2.17. The highest BCUT2D eigenvalue weighted by atomic mass is 15.3. The molecule has 0 bridgehead atoms. The fourth-order valence-corrected chi connectivity index (χ4v) is 2.99. The molecule has 0 aromatic carbocycles. The molecule has 19 heavy (non-hydrogen) atoms. The van der Waals surface area contributed by atoms with Gasteiger partial charge in [0.25, 0.3) is 0 Å². The molecule has 1 saturated heterocycles. The van der Waals surface area contributed by atoms with Crippen LogP contribution in [0.2, 0.25) is 0 Å². The van der Waals surface area contributed by atoms with Gasteiger partial charge in [0.15, 0.2) is 0 Å². The summed E-state index contributed by atoms with van der Waals surface area (Å²) < 4.78 is 0. The van der Waals surface area contributed by atoms with Crippen LogP contribution >= 0.6 is 0 Å². The summed E-state index contributed by atoms with van der Waals surface area (Å²) in [5.41, 5.74) is 0.212. The molecule has 2 atom stereocenters. The first kappa shape index (κ1) is 16.9. The van der Waals surface area contributed by atoms with Crippen LogP contribution in [0.4, 0.5) is 0 Å². The van der Waals surface area contributed by atoms with Crippen molar-refractivity contribution in [2.75, 3.05) is 32.7 Å². The average Bonchev–Trinajstić information content (AvgIpc) is 2.27. The number of nitrogens with zero attached hydrogens (tertiary/aromatic N) is 2. The second-order valence-corrected chi connectivity index (χ2v) is 7.41. The Morgan fingerprint density at radius 3 is 2.26 bits per heavy atom. The van der Waals surface area contributed by atoms with Gasteiger partial charge >= 0.3 is 0 Å².